The van der Waals surface area contributed by atoms with Gasteiger partial charge in [-0.1, -0.05) is 0 Å². The highest BCUT2D eigenvalue weighted by Crippen LogP contribution is 2.17. The van der Waals surface area contributed by atoms with Gasteiger partial charge in [-0.3, -0.25) is 9.59 Å². The average Bonchev–Trinajstić information content (AvgIpc) is 2.36. The molecule has 0 aromatic carbocycles. The van der Waals surface area contributed by atoms with Crippen LogP contribution in [0.2, 0.25) is 0 Å². The topological polar surface area (TPSA) is 98.9 Å². The van der Waals surface area contributed by atoms with Gasteiger partial charge in [0.05, 0.1) is 19.6 Å². The van der Waals surface area contributed by atoms with Crippen molar-refractivity contribution in [2.75, 3.05) is 19.8 Å². The van der Waals surface area contributed by atoms with Crippen molar-refractivity contribution in [3.8, 4) is 0 Å². The molecule has 1 saturated heterocycles. The maximum Gasteiger partial charge on any atom is 0.306 e. The van der Waals surface area contributed by atoms with Crippen molar-refractivity contribution >= 4 is 11.8 Å². The fourth-order valence-corrected chi connectivity index (χ4v) is 1.69. The van der Waals surface area contributed by atoms with E-state index in [1.165, 1.54) is 0 Å². The minimum Gasteiger partial charge on any atom is -0.459 e. The van der Waals surface area contributed by atoms with E-state index in [0.717, 1.165) is 6.42 Å². The van der Waals surface area contributed by atoms with Crippen LogP contribution >= 0.6 is 0 Å². The minimum atomic E-state index is -0.446. The molecule has 0 spiro atoms. The molecule has 3 N–H and O–H groups in total. The van der Waals surface area contributed by atoms with Crippen LogP contribution in [0.1, 0.15) is 25.7 Å². The summed E-state index contributed by atoms with van der Waals surface area (Å²) in [5.74, 6) is -0.610. The molecule has 0 bridgehead atoms. The summed E-state index contributed by atoms with van der Waals surface area (Å²) in [6.45, 7) is 0.351. The number of rotatable bonds is 6. The number of nitrogens with two attached hydrogens (primary N) is 1. The molecule has 17 heavy (non-hydrogen) atoms. The number of esters is 1. The van der Waals surface area contributed by atoms with Crippen molar-refractivity contribution in [2.24, 2.45) is 5.73 Å². The standard InChI is InChI=1S/C11H19NO5/c12-6-8(14)3-4-11(15)17-9-2-1-5-16-10(9)7-13/h9-10,13H,1-7,12H2. The zero-order chi connectivity index (χ0) is 12.7. The smallest absolute Gasteiger partial charge is 0.306 e. The van der Waals surface area contributed by atoms with Gasteiger partial charge in [-0.05, 0) is 12.8 Å². The van der Waals surface area contributed by atoms with E-state index >= 15 is 0 Å². The Kier molecular flexibility index (Phi) is 6.10. The number of hydrogen-bond acceptors (Lipinski definition) is 6. The quantitative estimate of drug-likeness (QED) is 0.605. The van der Waals surface area contributed by atoms with E-state index in [0.29, 0.717) is 13.0 Å². The first-order valence-corrected chi connectivity index (χ1v) is 5.81. The molecule has 0 aliphatic carbocycles. The van der Waals surface area contributed by atoms with E-state index in [-0.39, 0.29) is 31.8 Å². The SMILES string of the molecule is NCC(=O)CCC(=O)OC1CCCOC1CO. The van der Waals surface area contributed by atoms with E-state index in [4.69, 9.17) is 20.3 Å². The van der Waals surface area contributed by atoms with Crippen LogP contribution < -0.4 is 5.73 Å². The van der Waals surface area contributed by atoms with Crippen molar-refractivity contribution < 1.29 is 24.2 Å². The van der Waals surface area contributed by atoms with E-state index in [9.17, 15) is 9.59 Å². The van der Waals surface area contributed by atoms with Gasteiger partial charge < -0.3 is 20.3 Å². The van der Waals surface area contributed by atoms with Gasteiger partial charge in [-0.15, -0.1) is 0 Å². The van der Waals surface area contributed by atoms with Gasteiger partial charge in [0.25, 0.3) is 0 Å². The second-order valence-corrected chi connectivity index (χ2v) is 4.01. The van der Waals surface area contributed by atoms with Crippen molar-refractivity contribution in [3.63, 3.8) is 0 Å². The van der Waals surface area contributed by atoms with E-state index in [1.807, 2.05) is 0 Å². The first-order chi connectivity index (χ1) is 8.17. The van der Waals surface area contributed by atoms with Crippen molar-refractivity contribution in [2.45, 2.75) is 37.9 Å². The number of ketones is 1. The van der Waals surface area contributed by atoms with Crippen molar-refractivity contribution in [1.82, 2.24) is 0 Å². The lowest BCUT2D eigenvalue weighted by Crippen LogP contribution is -2.40. The lowest BCUT2D eigenvalue weighted by Gasteiger charge is -2.29. The fourth-order valence-electron chi connectivity index (χ4n) is 1.69. The number of carbonyl (C=O) groups is 2. The summed E-state index contributed by atoms with van der Waals surface area (Å²) in [4.78, 5) is 22.4. The Morgan fingerprint density at radius 1 is 1.41 bits per heavy atom. The van der Waals surface area contributed by atoms with Gasteiger partial charge in [0.15, 0.2) is 0 Å². The Morgan fingerprint density at radius 2 is 2.18 bits per heavy atom. The molecule has 1 fully saturated rings. The molecular weight excluding hydrogens is 226 g/mol. The van der Waals surface area contributed by atoms with E-state index in [1.54, 1.807) is 0 Å². The molecule has 0 aromatic rings. The van der Waals surface area contributed by atoms with Gasteiger partial charge in [-0.25, -0.2) is 0 Å². The predicted molar refractivity (Wildman–Crippen MR) is 59.2 cm³/mol. The summed E-state index contributed by atoms with van der Waals surface area (Å²) < 4.78 is 10.4. The number of Topliss-reactive ketones (excluding diaryl/α,β-unsaturated/α-hetero) is 1. The monoisotopic (exact) mass is 245 g/mol. The molecular formula is C11H19NO5. The molecule has 1 aliphatic rings. The van der Waals surface area contributed by atoms with Crippen LogP contribution in [0.5, 0.6) is 0 Å². The van der Waals surface area contributed by atoms with Crippen LogP contribution in [-0.4, -0.2) is 48.8 Å². The van der Waals surface area contributed by atoms with Crippen molar-refractivity contribution in [1.29, 1.82) is 0 Å². The molecule has 0 radical (unpaired) electrons. The third kappa shape index (κ3) is 4.80. The predicted octanol–water partition coefficient (Wildman–Crippen LogP) is -0.623. The maximum atomic E-state index is 11.4. The Labute approximate surface area is 100 Å². The highest BCUT2D eigenvalue weighted by atomic mass is 16.6. The second kappa shape index (κ2) is 7.37. The zero-order valence-corrected chi connectivity index (χ0v) is 9.76. The van der Waals surface area contributed by atoms with Gasteiger partial charge in [0, 0.05) is 13.0 Å². The second-order valence-electron chi connectivity index (χ2n) is 4.01. The van der Waals surface area contributed by atoms with Crippen LogP contribution in [0.4, 0.5) is 0 Å². The van der Waals surface area contributed by atoms with Gasteiger partial charge >= 0.3 is 5.97 Å². The fraction of sp³-hybridized carbons (Fsp3) is 0.818. The largest absolute Gasteiger partial charge is 0.459 e. The van der Waals surface area contributed by atoms with Crippen LogP contribution in [0, 0.1) is 0 Å². The zero-order valence-electron chi connectivity index (χ0n) is 9.76. The first kappa shape index (κ1) is 14.1. The highest BCUT2D eigenvalue weighted by Gasteiger charge is 2.28. The molecule has 0 saturated carbocycles. The minimum absolute atomic E-state index is 0.0324. The third-order valence-electron chi connectivity index (χ3n) is 2.68. The Bertz CT molecular complexity index is 269. The molecule has 1 heterocycles. The van der Waals surface area contributed by atoms with E-state index in [2.05, 4.69) is 0 Å². The van der Waals surface area contributed by atoms with Crippen molar-refractivity contribution in [3.05, 3.63) is 0 Å². The molecule has 1 rings (SSSR count). The van der Waals surface area contributed by atoms with Crippen LogP contribution in [0.3, 0.4) is 0 Å². The lowest BCUT2D eigenvalue weighted by molar-refractivity contribution is -0.167. The van der Waals surface area contributed by atoms with Gasteiger partial charge in [-0.2, -0.15) is 0 Å². The Hall–Kier alpha value is -0.980. The summed E-state index contributed by atoms with van der Waals surface area (Å²) in [6, 6.07) is 0. The normalized spacial score (nSPS) is 24.4. The summed E-state index contributed by atoms with van der Waals surface area (Å²) in [6.07, 6.45) is 0.766. The summed E-state index contributed by atoms with van der Waals surface area (Å²) in [5.41, 5.74) is 5.13. The molecule has 98 valence electrons. The summed E-state index contributed by atoms with van der Waals surface area (Å²) in [5, 5.41) is 9.04. The molecule has 2 atom stereocenters. The van der Waals surface area contributed by atoms with Crippen LogP contribution in [-0.2, 0) is 19.1 Å². The van der Waals surface area contributed by atoms with E-state index < -0.39 is 18.2 Å². The molecule has 6 heteroatoms. The van der Waals surface area contributed by atoms with Gasteiger partial charge in [0.1, 0.15) is 18.0 Å². The Morgan fingerprint density at radius 3 is 2.82 bits per heavy atom. The molecule has 2 unspecified atom stereocenters. The average molecular weight is 245 g/mol. The third-order valence-corrected chi connectivity index (χ3v) is 2.68. The first-order valence-electron chi connectivity index (χ1n) is 5.81. The number of hydrogen-bond donors (Lipinski definition) is 2. The lowest BCUT2D eigenvalue weighted by atomic mass is 10.1. The number of ether oxygens (including phenoxy) is 2. The maximum absolute atomic E-state index is 11.4. The Balaban J connectivity index is 2.31. The summed E-state index contributed by atoms with van der Waals surface area (Å²) >= 11 is 0. The number of carbonyl (C=O) groups excluding carboxylic acids is 2. The van der Waals surface area contributed by atoms with Gasteiger partial charge in [0.2, 0.25) is 0 Å². The number of aliphatic hydroxyl groups excluding tert-OH is 1. The highest BCUT2D eigenvalue weighted by molar-refractivity contribution is 5.84. The molecule has 6 nitrogen and oxygen atoms in total. The molecule has 1 aliphatic heterocycles. The molecule has 0 amide bonds. The summed E-state index contributed by atoms with van der Waals surface area (Å²) in [7, 11) is 0. The number of aliphatic hydroxyl groups is 1. The van der Waals surface area contributed by atoms with Crippen LogP contribution in [0.15, 0.2) is 0 Å². The molecule has 0 aromatic heterocycles. The van der Waals surface area contributed by atoms with Crippen LogP contribution in [0.25, 0.3) is 0 Å².